The molecule has 0 saturated heterocycles. The van der Waals surface area contributed by atoms with Gasteiger partial charge in [0.05, 0.1) is 20.3 Å². The highest BCUT2D eigenvalue weighted by atomic mass is 16.5. The number of carbonyl (C=O) groups is 2. The highest BCUT2D eigenvalue weighted by molar-refractivity contribution is 5.86. The molecule has 0 atom stereocenters. The van der Waals surface area contributed by atoms with E-state index in [1.54, 1.807) is 0 Å². The van der Waals surface area contributed by atoms with Crippen molar-refractivity contribution in [2.75, 3.05) is 20.3 Å². The normalized spacial score (nSPS) is 9.65. The van der Waals surface area contributed by atoms with Crippen LogP contribution < -0.4 is 4.74 Å². The topological polar surface area (TPSA) is 87.6 Å². The van der Waals surface area contributed by atoms with Gasteiger partial charge in [-0.05, 0) is 18.9 Å². The van der Waals surface area contributed by atoms with E-state index in [9.17, 15) is 9.59 Å². The summed E-state index contributed by atoms with van der Waals surface area (Å²) in [7, 11) is 1.27. The van der Waals surface area contributed by atoms with Crippen molar-refractivity contribution in [3.63, 3.8) is 0 Å². The maximum absolute atomic E-state index is 11.1. The third-order valence-corrected chi connectivity index (χ3v) is 2.23. The summed E-state index contributed by atoms with van der Waals surface area (Å²) in [6.45, 7) is 4.03. The molecule has 0 N–H and O–H groups in total. The van der Waals surface area contributed by atoms with E-state index in [1.165, 1.54) is 19.2 Å². The number of nitrogens with zero attached hydrogens (tertiary/aromatic N) is 2. The summed E-state index contributed by atoms with van der Waals surface area (Å²) in [5, 5.41) is 7.40. The van der Waals surface area contributed by atoms with E-state index in [0.717, 1.165) is 6.08 Å². The molecule has 1 heterocycles. The van der Waals surface area contributed by atoms with Gasteiger partial charge >= 0.3 is 11.9 Å². The Labute approximate surface area is 116 Å². The van der Waals surface area contributed by atoms with Crippen LogP contribution in [0, 0.1) is 0 Å². The fourth-order valence-electron chi connectivity index (χ4n) is 1.22. The molecule has 0 aliphatic carbocycles. The lowest BCUT2D eigenvalue weighted by atomic mass is 10.3. The molecule has 1 aromatic heterocycles. The summed E-state index contributed by atoms with van der Waals surface area (Å²) >= 11 is 0. The molecule has 0 unspecified atom stereocenters. The number of hydrogen-bond acceptors (Lipinski definition) is 7. The molecule has 0 spiro atoms. The Hall–Kier alpha value is -2.44. The van der Waals surface area contributed by atoms with Gasteiger partial charge < -0.3 is 14.2 Å². The Morgan fingerprint density at radius 1 is 1.25 bits per heavy atom. The standard InChI is InChI=1S/C13H16N2O5/c1-3-12(16)20-9-5-4-8-19-11-7-6-10(14-15-11)13(17)18-2/h3,6-7H,1,4-5,8-9H2,2H3. The Morgan fingerprint density at radius 2 is 2.00 bits per heavy atom. The maximum atomic E-state index is 11.1. The summed E-state index contributed by atoms with van der Waals surface area (Å²) in [6.07, 6.45) is 2.49. The van der Waals surface area contributed by atoms with Crippen molar-refractivity contribution in [3.8, 4) is 5.88 Å². The van der Waals surface area contributed by atoms with Crippen LogP contribution in [0.3, 0.4) is 0 Å². The van der Waals surface area contributed by atoms with Gasteiger partial charge in [-0.15, -0.1) is 10.2 Å². The van der Waals surface area contributed by atoms with E-state index >= 15 is 0 Å². The summed E-state index contributed by atoms with van der Waals surface area (Å²) in [6, 6.07) is 3.01. The van der Waals surface area contributed by atoms with E-state index in [2.05, 4.69) is 21.5 Å². The monoisotopic (exact) mass is 280 g/mol. The molecule has 0 radical (unpaired) electrons. The van der Waals surface area contributed by atoms with Gasteiger partial charge in [0.2, 0.25) is 5.88 Å². The van der Waals surface area contributed by atoms with Crippen LogP contribution in [0.4, 0.5) is 0 Å². The number of hydrogen-bond donors (Lipinski definition) is 0. The average molecular weight is 280 g/mol. The molecule has 0 saturated carbocycles. The number of rotatable bonds is 8. The van der Waals surface area contributed by atoms with Gasteiger partial charge in [-0.3, -0.25) is 0 Å². The molecule has 1 rings (SSSR count). The van der Waals surface area contributed by atoms with Gasteiger partial charge in [0.15, 0.2) is 5.69 Å². The molecule has 7 heteroatoms. The lowest BCUT2D eigenvalue weighted by molar-refractivity contribution is -0.137. The van der Waals surface area contributed by atoms with E-state index in [1.807, 2.05) is 0 Å². The number of esters is 2. The molecule has 0 aliphatic heterocycles. The highest BCUT2D eigenvalue weighted by Crippen LogP contribution is 2.06. The van der Waals surface area contributed by atoms with Crippen LogP contribution >= 0.6 is 0 Å². The summed E-state index contributed by atoms with van der Waals surface area (Å²) in [5.41, 5.74) is 0.121. The molecule has 108 valence electrons. The molecule has 1 aromatic rings. The molecule has 0 aliphatic rings. The quantitative estimate of drug-likeness (QED) is 0.401. The van der Waals surface area contributed by atoms with Gasteiger partial charge in [-0.2, -0.15) is 0 Å². The summed E-state index contributed by atoms with van der Waals surface area (Å²) in [5.74, 6) is -0.663. The van der Waals surface area contributed by atoms with E-state index in [0.29, 0.717) is 31.9 Å². The van der Waals surface area contributed by atoms with Crippen molar-refractivity contribution in [3.05, 3.63) is 30.5 Å². The minimum atomic E-state index is -0.548. The van der Waals surface area contributed by atoms with Gasteiger partial charge in [0.25, 0.3) is 0 Å². The van der Waals surface area contributed by atoms with Crippen molar-refractivity contribution >= 4 is 11.9 Å². The number of ether oxygens (including phenoxy) is 3. The predicted octanol–water partition coefficient (Wildman–Crippen LogP) is 1.15. The number of carbonyl (C=O) groups excluding carboxylic acids is 2. The Morgan fingerprint density at radius 3 is 2.60 bits per heavy atom. The van der Waals surface area contributed by atoms with Crippen molar-refractivity contribution in [1.82, 2.24) is 10.2 Å². The molecule has 7 nitrogen and oxygen atoms in total. The van der Waals surface area contributed by atoms with Gasteiger partial charge in [-0.1, -0.05) is 6.58 Å². The Kier molecular flexibility index (Phi) is 6.74. The average Bonchev–Trinajstić information content (AvgIpc) is 2.50. The van der Waals surface area contributed by atoms with Crippen LogP contribution in [-0.4, -0.2) is 42.5 Å². The largest absolute Gasteiger partial charge is 0.477 e. The Balaban J connectivity index is 2.20. The lowest BCUT2D eigenvalue weighted by Crippen LogP contribution is -2.07. The van der Waals surface area contributed by atoms with Crippen LogP contribution in [0.2, 0.25) is 0 Å². The first kappa shape index (κ1) is 15.6. The van der Waals surface area contributed by atoms with Crippen molar-refractivity contribution in [2.45, 2.75) is 12.8 Å². The zero-order chi connectivity index (χ0) is 14.8. The third kappa shape index (κ3) is 5.47. The van der Waals surface area contributed by atoms with Gasteiger partial charge in [0.1, 0.15) is 0 Å². The van der Waals surface area contributed by atoms with Crippen LogP contribution in [0.1, 0.15) is 23.3 Å². The van der Waals surface area contributed by atoms with E-state index in [-0.39, 0.29) is 5.69 Å². The van der Waals surface area contributed by atoms with Crippen molar-refractivity contribution < 1.29 is 23.8 Å². The van der Waals surface area contributed by atoms with Gasteiger partial charge in [0, 0.05) is 12.1 Å². The lowest BCUT2D eigenvalue weighted by Gasteiger charge is -2.05. The zero-order valence-electron chi connectivity index (χ0n) is 11.2. The second-order valence-corrected chi connectivity index (χ2v) is 3.68. The van der Waals surface area contributed by atoms with E-state index < -0.39 is 11.9 Å². The second-order valence-electron chi connectivity index (χ2n) is 3.68. The number of methoxy groups -OCH3 is 1. The zero-order valence-corrected chi connectivity index (χ0v) is 11.2. The maximum Gasteiger partial charge on any atom is 0.358 e. The molecular weight excluding hydrogens is 264 g/mol. The van der Waals surface area contributed by atoms with Crippen LogP contribution in [-0.2, 0) is 14.3 Å². The number of unbranched alkanes of at least 4 members (excludes halogenated alkanes) is 1. The molecule has 0 amide bonds. The smallest absolute Gasteiger partial charge is 0.358 e. The van der Waals surface area contributed by atoms with E-state index in [4.69, 9.17) is 9.47 Å². The predicted molar refractivity (Wildman–Crippen MR) is 69.3 cm³/mol. The highest BCUT2D eigenvalue weighted by Gasteiger charge is 2.07. The fraction of sp³-hybridized carbons (Fsp3) is 0.385. The summed E-state index contributed by atoms with van der Waals surface area (Å²) in [4.78, 5) is 21.9. The Bertz CT molecular complexity index is 458. The molecule has 0 aromatic carbocycles. The van der Waals surface area contributed by atoms with Crippen molar-refractivity contribution in [2.24, 2.45) is 0 Å². The number of aromatic nitrogens is 2. The first-order valence-electron chi connectivity index (χ1n) is 6.01. The fourth-order valence-corrected chi connectivity index (χ4v) is 1.22. The molecule has 0 bridgehead atoms. The molecule has 0 fully saturated rings. The van der Waals surface area contributed by atoms with Crippen LogP contribution in [0.25, 0.3) is 0 Å². The summed E-state index contributed by atoms with van der Waals surface area (Å²) < 4.78 is 14.6. The third-order valence-electron chi connectivity index (χ3n) is 2.23. The van der Waals surface area contributed by atoms with Crippen LogP contribution in [0.5, 0.6) is 5.88 Å². The first-order valence-corrected chi connectivity index (χ1v) is 6.01. The minimum absolute atomic E-state index is 0.121. The van der Waals surface area contributed by atoms with Gasteiger partial charge in [-0.25, -0.2) is 9.59 Å². The first-order chi connectivity index (χ1) is 9.67. The molecular formula is C13H16N2O5. The second kappa shape index (κ2) is 8.63. The SMILES string of the molecule is C=CC(=O)OCCCCOc1ccc(C(=O)OC)nn1. The van der Waals surface area contributed by atoms with Crippen molar-refractivity contribution in [1.29, 1.82) is 0 Å². The van der Waals surface area contributed by atoms with Crippen LogP contribution in [0.15, 0.2) is 24.8 Å². The molecule has 20 heavy (non-hydrogen) atoms. The minimum Gasteiger partial charge on any atom is -0.477 e.